The third kappa shape index (κ3) is 16.6. The van der Waals surface area contributed by atoms with Crippen LogP contribution in [-0.2, 0) is 25.7 Å². The van der Waals surface area contributed by atoms with Crippen molar-refractivity contribution >= 4 is 88.8 Å². The number of rotatable bonds is 8. The lowest BCUT2D eigenvalue weighted by Crippen LogP contribution is -2.36. The Morgan fingerprint density at radius 1 is 0.756 bits per heavy atom. The maximum absolute atomic E-state index is 10.6. The van der Waals surface area contributed by atoms with E-state index in [9.17, 15) is 14.3 Å². The van der Waals surface area contributed by atoms with E-state index in [2.05, 4.69) is 111 Å². The minimum atomic E-state index is -1.56. The second-order valence-electron chi connectivity index (χ2n) is 12.5. The molecule has 3 aromatic heterocycles. The summed E-state index contributed by atoms with van der Waals surface area (Å²) in [6.45, 7) is 25.1. The Kier molecular flexibility index (Phi) is 16.1. The average Bonchev–Trinajstić information content (AvgIpc) is 3.52. The maximum Gasteiger partial charge on any atom is 0.184 e. The van der Waals surface area contributed by atoms with E-state index in [1.807, 2.05) is 24.3 Å². The Bertz CT molecular complexity index is 1210. The van der Waals surface area contributed by atoms with Gasteiger partial charge in [0.25, 0.3) is 0 Å². The molecule has 3 rings (SSSR count). The molecular weight excluding hydrogens is 743 g/mol. The first-order valence-corrected chi connectivity index (χ1v) is 23.8. The van der Waals surface area contributed by atoms with Crippen LogP contribution < -0.4 is 0 Å². The fourth-order valence-electron chi connectivity index (χ4n) is 3.65. The molecule has 0 aromatic carbocycles. The van der Waals surface area contributed by atoms with Crippen LogP contribution in [0.5, 0.6) is 0 Å². The Morgan fingerprint density at radius 2 is 1.10 bits per heavy atom. The molecule has 3 heterocycles. The smallest absolute Gasteiger partial charge is 0.184 e. The van der Waals surface area contributed by atoms with Crippen LogP contribution in [0.15, 0.2) is 44.0 Å². The molecule has 0 atom stereocenters. The van der Waals surface area contributed by atoms with Crippen molar-refractivity contribution in [2.45, 2.75) is 97.6 Å². The van der Waals surface area contributed by atoms with E-state index in [4.69, 9.17) is 10.2 Å². The second-order valence-corrected chi connectivity index (χ2v) is 27.4. The molecule has 0 saturated carbocycles. The summed E-state index contributed by atoms with van der Waals surface area (Å²) in [5.74, 6) is 0. The molecule has 0 fully saturated rings. The molecule has 234 valence electrons. The van der Waals surface area contributed by atoms with E-state index in [0.29, 0.717) is 0 Å². The summed E-state index contributed by atoms with van der Waals surface area (Å²) < 4.78 is 30.0. The first-order chi connectivity index (χ1) is 18.9. The number of aliphatic hydroxyl groups is 1. The number of hydrogen-bond donors (Lipinski definition) is 1. The third-order valence-electron chi connectivity index (χ3n) is 4.80. The normalized spacial score (nSPS) is 12.6. The quantitative estimate of drug-likeness (QED) is 0.182. The van der Waals surface area contributed by atoms with Crippen LogP contribution in [0, 0.1) is 0 Å². The van der Waals surface area contributed by atoms with Gasteiger partial charge in [-0.1, -0.05) is 0 Å². The molecule has 0 aliphatic carbocycles. The molecule has 12 heteroatoms. The van der Waals surface area contributed by atoms with Gasteiger partial charge in [-0.2, -0.15) is 0 Å². The van der Waals surface area contributed by atoms with E-state index in [1.165, 1.54) is 20.0 Å². The molecule has 41 heavy (non-hydrogen) atoms. The van der Waals surface area contributed by atoms with E-state index in [-0.39, 0.29) is 11.2 Å². The summed E-state index contributed by atoms with van der Waals surface area (Å²) >= 11 is 11.6. The van der Waals surface area contributed by atoms with Gasteiger partial charge in [-0.25, -0.2) is 0 Å². The molecule has 3 aromatic rings. The van der Waals surface area contributed by atoms with Crippen molar-refractivity contribution in [3.8, 4) is 0 Å². The minimum absolute atomic E-state index is 0.152. The van der Waals surface area contributed by atoms with Gasteiger partial charge < -0.3 is 14.0 Å². The Morgan fingerprint density at radius 3 is 1.34 bits per heavy atom. The number of hydrogen-bond acceptors (Lipinski definition) is 7. The van der Waals surface area contributed by atoms with Crippen molar-refractivity contribution in [1.29, 1.82) is 0 Å². The molecule has 0 spiro atoms. The first-order valence-electron chi connectivity index (χ1n) is 13.6. The SMILES string of the molecule is CC(C)(O)c1ccc(Br)s1.CC(C)(O[Si](C)(C)C)c1ccc(Br)s1.CC(C)(O[Si](C)(C)C)c1ccc(C=O)s1.[2H]CF. The Labute approximate surface area is 279 Å². The summed E-state index contributed by atoms with van der Waals surface area (Å²) in [5.41, 5.74) is -1.13. The summed E-state index contributed by atoms with van der Waals surface area (Å²) in [6, 6.07) is 11.9. The molecule has 0 aliphatic rings. The predicted octanol–water partition coefficient (Wildman–Crippen LogP) is 11.6. The molecule has 0 radical (unpaired) electrons. The Balaban J connectivity index is 0.000000582. The monoisotopic (exact) mass is 789 g/mol. The van der Waals surface area contributed by atoms with Crippen LogP contribution in [0.25, 0.3) is 0 Å². The van der Waals surface area contributed by atoms with Gasteiger partial charge >= 0.3 is 0 Å². The zero-order valence-corrected chi connectivity index (χ0v) is 33.9. The lowest BCUT2D eigenvalue weighted by Gasteiger charge is -2.32. The molecule has 0 saturated heterocycles. The molecular formula is C29H47Br2FO4S3Si2. The Hall–Kier alpha value is -0.0262. The fraction of sp³-hybridized carbons (Fsp3) is 0.552. The molecule has 1 N–H and O–H groups in total. The van der Waals surface area contributed by atoms with Crippen molar-refractivity contribution in [2.75, 3.05) is 7.15 Å². The number of thiophene rings is 3. The zero-order chi connectivity index (χ0) is 33.2. The van der Waals surface area contributed by atoms with Crippen LogP contribution in [0.4, 0.5) is 4.39 Å². The van der Waals surface area contributed by atoms with Gasteiger partial charge in [0, 0.05) is 14.6 Å². The lowest BCUT2D eigenvalue weighted by molar-refractivity contribution is 0.0825. The summed E-state index contributed by atoms with van der Waals surface area (Å²) in [7, 11) is -4.03. The van der Waals surface area contributed by atoms with Crippen molar-refractivity contribution in [3.63, 3.8) is 0 Å². The van der Waals surface area contributed by atoms with Crippen LogP contribution >= 0.6 is 65.9 Å². The van der Waals surface area contributed by atoms with Gasteiger partial charge in [0.1, 0.15) is 0 Å². The van der Waals surface area contributed by atoms with Crippen molar-refractivity contribution < 1.29 is 24.5 Å². The van der Waals surface area contributed by atoms with E-state index >= 15 is 0 Å². The number of carbonyl (C=O) groups excluding carboxylic acids is 1. The highest BCUT2D eigenvalue weighted by Gasteiger charge is 2.31. The van der Waals surface area contributed by atoms with Gasteiger partial charge in [-0.15, -0.1) is 34.0 Å². The number of aldehydes is 1. The molecule has 0 unspecified atom stereocenters. The van der Waals surface area contributed by atoms with E-state index in [1.54, 1.807) is 36.5 Å². The topological polar surface area (TPSA) is 55.8 Å². The number of halogens is 3. The summed E-state index contributed by atoms with van der Waals surface area (Å²) in [6.07, 6.45) is 0.888. The number of carbonyl (C=O) groups is 1. The predicted molar refractivity (Wildman–Crippen MR) is 191 cm³/mol. The molecule has 0 amide bonds. The van der Waals surface area contributed by atoms with Gasteiger partial charge in [-0.3, -0.25) is 9.18 Å². The van der Waals surface area contributed by atoms with Gasteiger partial charge in [0.2, 0.25) is 0 Å². The molecule has 0 bridgehead atoms. The van der Waals surface area contributed by atoms with Crippen LogP contribution in [0.3, 0.4) is 0 Å². The largest absolute Gasteiger partial charge is 0.408 e. The van der Waals surface area contributed by atoms with Gasteiger partial charge in [0.15, 0.2) is 22.9 Å². The molecule has 0 aliphatic heterocycles. The highest BCUT2D eigenvalue weighted by molar-refractivity contribution is 9.11. The minimum Gasteiger partial charge on any atom is -0.408 e. The van der Waals surface area contributed by atoms with Crippen LogP contribution in [0.2, 0.25) is 39.3 Å². The van der Waals surface area contributed by atoms with Crippen molar-refractivity contribution in [3.05, 3.63) is 63.5 Å². The summed E-state index contributed by atoms with van der Waals surface area (Å²) in [4.78, 5) is 14.8. The highest BCUT2D eigenvalue weighted by atomic mass is 79.9. The van der Waals surface area contributed by atoms with Crippen molar-refractivity contribution in [2.24, 2.45) is 0 Å². The van der Waals surface area contributed by atoms with Crippen LogP contribution in [-0.4, -0.2) is 35.2 Å². The lowest BCUT2D eigenvalue weighted by atomic mass is 10.1. The van der Waals surface area contributed by atoms with Crippen molar-refractivity contribution in [1.82, 2.24) is 0 Å². The van der Waals surface area contributed by atoms with Crippen LogP contribution in [0.1, 0.15) is 67.2 Å². The fourth-order valence-corrected chi connectivity index (χ4v) is 10.8. The van der Waals surface area contributed by atoms with Gasteiger partial charge in [0.05, 0.1) is 37.8 Å². The number of alkyl halides is 1. The highest BCUT2D eigenvalue weighted by Crippen LogP contribution is 2.36. The third-order valence-corrected chi connectivity index (χ3v) is 12.2. The standard InChI is InChI=1S/C11H18O2SSi.C10H17BrOSSi.C7H9BrOS.CH3F/c1-11(2,13-15(3,4)5)10-7-6-9(8-12)14-10;1-10(2,12-14(3,4)5)8-6-7-9(11)13-8;1-7(2,9)5-3-4-6(8)10-5;1-2/h6-8H,1-5H3;6-7H,1-5H3;3-4,9H,1-2H3;1H3/i;;;1D. The second kappa shape index (κ2) is 16.9. The van der Waals surface area contributed by atoms with Gasteiger partial charge in [-0.05, 0) is 149 Å². The zero-order valence-electron chi connectivity index (χ0n) is 27.3. The summed E-state index contributed by atoms with van der Waals surface area (Å²) in [5, 5.41) is 9.49. The maximum atomic E-state index is 10.6. The first kappa shape index (κ1) is 39.0. The average molecular weight is 792 g/mol. The van der Waals surface area contributed by atoms with E-state index < -0.39 is 29.4 Å². The molecule has 4 nitrogen and oxygen atoms in total. The van der Waals surface area contributed by atoms with E-state index in [0.717, 1.165) is 24.7 Å².